The average molecular weight is 357 g/mol. The van der Waals surface area contributed by atoms with Gasteiger partial charge in [0.2, 0.25) is 5.89 Å². The largest absolute Gasteiger partial charge is 0.449 e. The molecule has 1 aromatic heterocycles. The third kappa shape index (κ3) is 4.84. The predicted octanol–water partition coefficient (Wildman–Crippen LogP) is 4.17. The highest BCUT2D eigenvalue weighted by Gasteiger charge is 2.35. The molecule has 2 heterocycles. The molecule has 0 aliphatic carbocycles. The zero-order valence-electron chi connectivity index (χ0n) is 15.6. The van der Waals surface area contributed by atoms with E-state index >= 15 is 0 Å². The maximum absolute atomic E-state index is 12.3. The summed E-state index contributed by atoms with van der Waals surface area (Å²) in [6.07, 6.45) is 4.19. The molecule has 0 saturated carbocycles. The summed E-state index contributed by atoms with van der Waals surface area (Å²) in [7, 11) is 0. The lowest BCUT2D eigenvalue weighted by atomic mass is 10.1. The maximum atomic E-state index is 12.3. The summed E-state index contributed by atoms with van der Waals surface area (Å²) in [6, 6.07) is 10.2. The van der Waals surface area contributed by atoms with Crippen LogP contribution in [0, 0.1) is 5.92 Å². The van der Waals surface area contributed by atoms with E-state index in [1.807, 2.05) is 19.9 Å². The number of aromatic nitrogens is 2. The Morgan fingerprint density at radius 2 is 2.12 bits per heavy atom. The van der Waals surface area contributed by atoms with Crippen LogP contribution in [0.15, 0.2) is 34.9 Å². The lowest BCUT2D eigenvalue weighted by molar-refractivity contribution is 0.0830. The normalized spacial score (nSPS) is 17.0. The van der Waals surface area contributed by atoms with Crippen molar-refractivity contribution < 1.29 is 14.1 Å². The molecule has 6 nitrogen and oxygen atoms in total. The smallest absolute Gasteiger partial charge is 0.410 e. The van der Waals surface area contributed by atoms with Gasteiger partial charge in [-0.15, -0.1) is 0 Å². The number of rotatable bonds is 7. The number of carbonyl (C=O) groups is 1. The van der Waals surface area contributed by atoms with E-state index in [0.29, 0.717) is 30.8 Å². The van der Waals surface area contributed by atoms with Crippen molar-refractivity contribution >= 4 is 6.09 Å². The van der Waals surface area contributed by atoms with Gasteiger partial charge in [0.05, 0.1) is 6.61 Å². The fraction of sp³-hybridized carbons (Fsp3) is 0.550. The molecule has 3 rings (SSSR count). The van der Waals surface area contributed by atoms with Gasteiger partial charge in [0.25, 0.3) is 0 Å². The molecular formula is C20H27N3O3. The molecule has 2 aromatic rings. The first kappa shape index (κ1) is 18.4. The Balaban J connectivity index is 1.53. The van der Waals surface area contributed by atoms with Crippen LogP contribution in [0.3, 0.4) is 0 Å². The Morgan fingerprint density at radius 3 is 2.88 bits per heavy atom. The number of hydrogen-bond acceptors (Lipinski definition) is 5. The van der Waals surface area contributed by atoms with Crippen molar-refractivity contribution in [3.63, 3.8) is 0 Å². The molecule has 0 spiro atoms. The van der Waals surface area contributed by atoms with E-state index in [-0.39, 0.29) is 12.1 Å². The van der Waals surface area contributed by atoms with E-state index in [4.69, 9.17) is 9.26 Å². The standard InChI is InChI=1S/C20H27N3O3/c1-15(2)14-25-20(24)23-13-7-11-17(23)19-21-18(22-26-19)12-6-10-16-8-4-3-5-9-16/h3-5,8-9,15,17H,6-7,10-14H2,1-2H3. The molecule has 26 heavy (non-hydrogen) atoms. The number of likely N-dealkylation sites (tertiary alicyclic amines) is 1. The molecule has 1 amide bonds. The maximum Gasteiger partial charge on any atom is 0.410 e. The van der Waals surface area contributed by atoms with Crippen molar-refractivity contribution in [3.05, 3.63) is 47.6 Å². The quantitative estimate of drug-likeness (QED) is 0.744. The second kappa shape index (κ2) is 8.83. The van der Waals surface area contributed by atoms with Crippen LogP contribution in [0.4, 0.5) is 4.79 Å². The van der Waals surface area contributed by atoms with E-state index in [1.54, 1.807) is 4.90 Å². The van der Waals surface area contributed by atoms with Gasteiger partial charge in [-0.1, -0.05) is 49.3 Å². The summed E-state index contributed by atoms with van der Waals surface area (Å²) in [5.74, 6) is 1.55. The number of amides is 1. The molecule has 1 unspecified atom stereocenters. The first-order chi connectivity index (χ1) is 12.6. The van der Waals surface area contributed by atoms with Crippen molar-refractivity contribution in [2.24, 2.45) is 5.92 Å². The zero-order chi connectivity index (χ0) is 18.4. The highest BCUT2D eigenvalue weighted by atomic mass is 16.6. The molecule has 1 aliphatic heterocycles. The van der Waals surface area contributed by atoms with Gasteiger partial charge in [0.15, 0.2) is 5.82 Å². The van der Waals surface area contributed by atoms with E-state index in [2.05, 4.69) is 34.4 Å². The van der Waals surface area contributed by atoms with Crippen LogP contribution in [0.5, 0.6) is 0 Å². The monoisotopic (exact) mass is 357 g/mol. The second-order valence-electron chi connectivity index (χ2n) is 7.21. The minimum absolute atomic E-state index is 0.162. The molecular weight excluding hydrogens is 330 g/mol. The SMILES string of the molecule is CC(C)COC(=O)N1CCCC1c1nc(CCCc2ccccc2)no1. The third-order valence-electron chi connectivity index (χ3n) is 4.50. The number of aryl methyl sites for hydroxylation is 2. The highest BCUT2D eigenvalue weighted by molar-refractivity contribution is 5.68. The van der Waals surface area contributed by atoms with Crippen LogP contribution >= 0.6 is 0 Å². The predicted molar refractivity (Wildman–Crippen MR) is 97.6 cm³/mol. The van der Waals surface area contributed by atoms with Gasteiger partial charge in [-0.05, 0) is 37.2 Å². The molecule has 140 valence electrons. The fourth-order valence-electron chi connectivity index (χ4n) is 3.16. The minimum atomic E-state index is -0.287. The van der Waals surface area contributed by atoms with E-state index in [1.165, 1.54) is 5.56 Å². The molecule has 1 aromatic carbocycles. The van der Waals surface area contributed by atoms with Crippen molar-refractivity contribution in [2.45, 2.75) is 52.0 Å². The molecule has 1 fully saturated rings. The molecule has 1 saturated heterocycles. The van der Waals surface area contributed by atoms with Gasteiger partial charge in [-0.3, -0.25) is 4.90 Å². The van der Waals surface area contributed by atoms with Gasteiger partial charge in [0, 0.05) is 13.0 Å². The number of ether oxygens (including phenoxy) is 1. The van der Waals surface area contributed by atoms with Crippen molar-refractivity contribution in [1.82, 2.24) is 15.0 Å². The van der Waals surface area contributed by atoms with Crippen LogP contribution in [-0.4, -0.2) is 34.3 Å². The van der Waals surface area contributed by atoms with Gasteiger partial charge in [-0.2, -0.15) is 4.98 Å². The van der Waals surface area contributed by atoms with Crippen LogP contribution < -0.4 is 0 Å². The van der Waals surface area contributed by atoms with Gasteiger partial charge in [-0.25, -0.2) is 4.79 Å². The Kier molecular flexibility index (Phi) is 6.26. The molecule has 0 N–H and O–H groups in total. The average Bonchev–Trinajstić information content (AvgIpc) is 3.29. The summed E-state index contributed by atoms with van der Waals surface area (Å²) < 4.78 is 10.8. The Hall–Kier alpha value is -2.37. The molecule has 6 heteroatoms. The molecule has 0 bridgehead atoms. The molecule has 0 radical (unpaired) electrons. The van der Waals surface area contributed by atoms with Crippen LogP contribution in [0.1, 0.15) is 56.4 Å². The lowest BCUT2D eigenvalue weighted by Crippen LogP contribution is -2.32. The number of benzene rings is 1. The van der Waals surface area contributed by atoms with Crippen molar-refractivity contribution in [2.75, 3.05) is 13.2 Å². The highest BCUT2D eigenvalue weighted by Crippen LogP contribution is 2.31. The van der Waals surface area contributed by atoms with Crippen LogP contribution in [-0.2, 0) is 17.6 Å². The Labute approximate surface area is 154 Å². The Bertz CT molecular complexity index is 699. The van der Waals surface area contributed by atoms with Gasteiger partial charge >= 0.3 is 6.09 Å². The second-order valence-corrected chi connectivity index (χ2v) is 7.21. The van der Waals surface area contributed by atoms with Gasteiger partial charge < -0.3 is 9.26 Å². The minimum Gasteiger partial charge on any atom is -0.449 e. The molecule has 1 atom stereocenters. The lowest BCUT2D eigenvalue weighted by Gasteiger charge is -2.21. The fourth-order valence-corrected chi connectivity index (χ4v) is 3.16. The van der Waals surface area contributed by atoms with Crippen LogP contribution in [0.25, 0.3) is 0 Å². The third-order valence-corrected chi connectivity index (χ3v) is 4.50. The van der Waals surface area contributed by atoms with Crippen molar-refractivity contribution in [3.8, 4) is 0 Å². The summed E-state index contributed by atoms with van der Waals surface area (Å²) in [6.45, 7) is 5.15. The first-order valence-corrected chi connectivity index (χ1v) is 9.43. The van der Waals surface area contributed by atoms with E-state index < -0.39 is 0 Å². The van der Waals surface area contributed by atoms with Gasteiger partial charge in [0.1, 0.15) is 6.04 Å². The number of hydrogen-bond donors (Lipinski definition) is 0. The number of nitrogens with zero attached hydrogens (tertiary/aromatic N) is 3. The summed E-state index contributed by atoms with van der Waals surface area (Å²) in [5.41, 5.74) is 1.31. The molecule has 1 aliphatic rings. The summed E-state index contributed by atoms with van der Waals surface area (Å²) in [4.78, 5) is 18.5. The summed E-state index contributed by atoms with van der Waals surface area (Å²) >= 11 is 0. The van der Waals surface area contributed by atoms with E-state index in [9.17, 15) is 4.79 Å². The van der Waals surface area contributed by atoms with Crippen LogP contribution in [0.2, 0.25) is 0 Å². The summed E-state index contributed by atoms with van der Waals surface area (Å²) in [5, 5.41) is 4.10. The topological polar surface area (TPSA) is 68.5 Å². The zero-order valence-corrected chi connectivity index (χ0v) is 15.6. The first-order valence-electron chi connectivity index (χ1n) is 9.43. The van der Waals surface area contributed by atoms with E-state index in [0.717, 1.165) is 32.1 Å². The van der Waals surface area contributed by atoms with Crippen molar-refractivity contribution in [1.29, 1.82) is 0 Å². The Morgan fingerprint density at radius 1 is 1.31 bits per heavy atom. The number of carbonyl (C=O) groups excluding carboxylic acids is 1.